The first-order chi connectivity index (χ1) is 5.27. The van der Waals surface area contributed by atoms with Crippen molar-refractivity contribution in [2.24, 2.45) is 16.5 Å². The summed E-state index contributed by atoms with van der Waals surface area (Å²) < 4.78 is 0. The predicted molar refractivity (Wildman–Crippen MR) is 46.0 cm³/mol. The highest BCUT2D eigenvalue weighted by Crippen LogP contribution is 2.51. The van der Waals surface area contributed by atoms with Crippen molar-refractivity contribution in [3.8, 4) is 0 Å². The van der Waals surface area contributed by atoms with Gasteiger partial charge in [0.05, 0.1) is 5.71 Å². The van der Waals surface area contributed by atoms with Crippen LogP contribution in [0.15, 0.2) is 5.16 Å². The van der Waals surface area contributed by atoms with Gasteiger partial charge in [0.25, 0.3) is 0 Å². The largest absolute Gasteiger partial charge is 0.411 e. The van der Waals surface area contributed by atoms with Crippen LogP contribution < -0.4 is 0 Å². The monoisotopic (exact) mass is 155 g/mol. The molecule has 0 aromatic carbocycles. The Kier molecular flexibility index (Phi) is 1.44. The summed E-state index contributed by atoms with van der Waals surface area (Å²) in [4.78, 5) is 0. The minimum absolute atomic E-state index is 0. The Labute approximate surface area is 68.8 Å². The topological polar surface area (TPSA) is 32.6 Å². The van der Waals surface area contributed by atoms with Crippen LogP contribution in [-0.4, -0.2) is 10.9 Å². The van der Waals surface area contributed by atoms with E-state index in [1.54, 1.807) is 0 Å². The maximum Gasteiger partial charge on any atom is 0.0632 e. The molecule has 0 radical (unpaired) electrons. The number of hydrogen-bond acceptors (Lipinski definition) is 2. The van der Waals surface area contributed by atoms with Gasteiger partial charge < -0.3 is 5.21 Å². The summed E-state index contributed by atoms with van der Waals surface area (Å²) in [6.07, 6.45) is 6.17. The fourth-order valence-corrected chi connectivity index (χ4v) is 2.84. The Hall–Kier alpha value is -0.530. The summed E-state index contributed by atoms with van der Waals surface area (Å²) in [6, 6.07) is 0. The van der Waals surface area contributed by atoms with E-state index in [-0.39, 0.29) is 6.84 Å². The second-order valence-corrected chi connectivity index (χ2v) is 4.09. The van der Waals surface area contributed by atoms with E-state index >= 15 is 0 Å². The van der Waals surface area contributed by atoms with Crippen molar-refractivity contribution in [1.29, 1.82) is 0 Å². The molecule has 2 heteroatoms. The number of fused-ring (bicyclic) bond motifs is 1. The maximum atomic E-state index is 8.77. The lowest BCUT2D eigenvalue weighted by atomic mass is 9.81. The number of oxime groups is 1. The lowest BCUT2D eigenvalue weighted by Gasteiger charge is -2.23. The molecule has 2 saturated carbocycles. The lowest BCUT2D eigenvalue weighted by molar-refractivity contribution is 0.299. The summed E-state index contributed by atoms with van der Waals surface area (Å²) in [7, 11) is 0. The van der Waals surface area contributed by atoms with Crippen LogP contribution in [0.25, 0.3) is 0 Å². The minimum atomic E-state index is 0. The molecule has 64 valence electrons. The average molecular weight is 155 g/mol. The fraction of sp³-hybridized carbons (Fsp3) is 0.889. The van der Waals surface area contributed by atoms with Gasteiger partial charge >= 0.3 is 0 Å². The van der Waals surface area contributed by atoms with Gasteiger partial charge in [-0.2, -0.15) is 0 Å². The zero-order valence-electron chi connectivity index (χ0n) is 7.01. The van der Waals surface area contributed by atoms with Gasteiger partial charge in [-0.15, -0.1) is 0 Å². The van der Waals surface area contributed by atoms with E-state index in [0.717, 1.165) is 18.1 Å². The van der Waals surface area contributed by atoms with Crippen LogP contribution in [0.3, 0.4) is 0 Å². The molecule has 2 nitrogen and oxygen atoms in total. The van der Waals surface area contributed by atoms with E-state index in [4.69, 9.17) is 5.21 Å². The Morgan fingerprint density at radius 2 is 2.45 bits per heavy atom. The Morgan fingerprint density at radius 3 is 3.18 bits per heavy atom. The second kappa shape index (κ2) is 2.23. The van der Waals surface area contributed by atoms with Gasteiger partial charge in [0.1, 0.15) is 0 Å². The molecule has 2 aliphatic carbocycles. The number of hydrogen-bond donors (Lipinski definition) is 1. The molecule has 2 rings (SSSR count). The maximum absolute atomic E-state index is 8.77. The van der Waals surface area contributed by atoms with Gasteiger partial charge in [-0.3, -0.25) is 0 Å². The van der Waals surface area contributed by atoms with E-state index in [1.165, 1.54) is 25.7 Å². The van der Waals surface area contributed by atoms with Crippen molar-refractivity contribution in [1.82, 2.24) is 0 Å². The van der Waals surface area contributed by atoms with Gasteiger partial charge in [0.15, 0.2) is 0 Å². The zero-order valence-corrected chi connectivity index (χ0v) is 7.01. The zero-order chi connectivity index (χ0) is 7.90. The van der Waals surface area contributed by atoms with Crippen LogP contribution in [0.2, 0.25) is 0 Å². The van der Waals surface area contributed by atoms with Crippen molar-refractivity contribution < 1.29 is 6.63 Å². The van der Waals surface area contributed by atoms with Crippen molar-refractivity contribution in [2.45, 2.75) is 39.0 Å². The molecule has 2 atom stereocenters. The van der Waals surface area contributed by atoms with Gasteiger partial charge in [-0.25, -0.2) is 0 Å². The molecule has 0 heterocycles. The molecule has 0 saturated heterocycles. The van der Waals surface area contributed by atoms with Gasteiger partial charge in [-0.1, -0.05) is 18.5 Å². The Bertz CT molecular complexity index is 205. The third kappa shape index (κ3) is 0.815. The third-order valence-electron chi connectivity index (χ3n) is 3.66. The van der Waals surface area contributed by atoms with E-state index in [1.807, 2.05) is 0 Å². The molecule has 0 aromatic rings. The van der Waals surface area contributed by atoms with Crippen molar-refractivity contribution >= 4 is 5.71 Å². The van der Waals surface area contributed by atoms with Crippen LogP contribution in [0.4, 0.5) is 0 Å². The van der Waals surface area contributed by atoms with Gasteiger partial charge in [0, 0.05) is 6.84 Å². The molecule has 0 aromatic heterocycles. The molecule has 0 bridgehead atoms. The summed E-state index contributed by atoms with van der Waals surface area (Å²) in [6.45, 7) is 2.26. The van der Waals surface area contributed by atoms with Crippen LogP contribution in [0, 0.1) is 11.3 Å². The van der Waals surface area contributed by atoms with Crippen LogP contribution >= 0.6 is 0 Å². The summed E-state index contributed by atoms with van der Waals surface area (Å²) in [5.74, 6) is 0.813. The molecular weight excluding hydrogens is 138 g/mol. The SMILES string of the molecule is C[C@@]12CCCC1CC/C2=N\O.[HH]. The number of rotatable bonds is 0. The van der Waals surface area contributed by atoms with Crippen molar-refractivity contribution in [2.75, 3.05) is 0 Å². The molecule has 0 amide bonds. The van der Waals surface area contributed by atoms with Crippen molar-refractivity contribution in [3.05, 3.63) is 0 Å². The van der Waals surface area contributed by atoms with Gasteiger partial charge in [0.2, 0.25) is 0 Å². The summed E-state index contributed by atoms with van der Waals surface area (Å²) in [5, 5.41) is 12.2. The molecule has 0 spiro atoms. The number of nitrogens with zero attached hydrogens (tertiary/aromatic N) is 1. The van der Waals surface area contributed by atoms with E-state index < -0.39 is 0 Å². The normalized spacial score (nSPS) is 46.6. The minimum Gasteiger partial charge on any atom is -0.411 e. The molecular formula is C9H17NO. The summed E-state index contributed by atoms with van der Waals surface area (Å²) in [5.41, 5.74) is 1.33. The van der Waals surface area contributed by atoms with E-state index in [0.29, 0.717) is 0 Å². The van der Waals surface area contributed by atoms with E-state index in [2.05, 4.69) is 12.1 Å². The van der Waals surface area contributed by atoms with Gasteiger partial charge in [-0.05, 0) is 31.6 Å². The lowest BCUT2D eigenvalue weighted by Crippen LogP contribution is -2.23. The first kappa shape index (κ1) is 7.14. The molecule has 2 fully saturated rings. The predicted octanol–water partition coefficient (Wildman–Crippen LogP) is 2.66. The first-order valence-electron chi connectivity index (χ1n) is 4.49. The quantitative estimate of drug-likeness (QED) is 0.423. The highest BCUT2D eigenvalue weighted by molar-refractivity contribution is 5.92. The molecule has 1 N–H and O–H groups in total. The van der Waals surface area contributed by atoms with E-state index in [9.17, 15) is 0 Å². The standard InChI is InChI=1S/C9H15NO.H2/c1-9-6-2-3-7(9)4-5-8(9)10-11;/h7,11H,2-6H2,1H3;1H/b10-8+;/t7?,9-;/m1./s1. The highest BCUT2D eigenvalue weighted by atomic mass is 16.4. The second-order valence-electron chi connectivity index (χ2n) is 4.09. The Morgan fingerprint density at radius 1 is 1.64 bits per heavy atom. The Balaban J connectivity index is 0.000000720. The average Bonchev–Trinajstić information content (AvgIpc) is 2.44. The molecule has 11 heavy (non-hydrogen) atoms. The molecule has 2 aliphatic rings. The molecule has 0 aliphatic heterocycles. The van der Waals surface area contributed by atoms with Crippen LogP contribution in [-0.2, 0) is 0 Å². The first-order valence-corrected chi connectivity index (χ1v) is 4.49. The van der Waals surface area contributed by atoms with Crippen molar-refractivity contribution in [3.63, 3.8) is 0 Å². The van der Waals surface area contributed by atoms with Crippen LogP contribution in [0.1, 0.15) is 40.5 Å². The van der Waals surface area contributed by atoms with Crippen LogP contribution in [0.5, 0.6) is 0 Å². The highest BCUT2D eigenvalue weighted by Gasteiger charge is 2.47. The fourth-order valence-electron chi connectivity index (χ4n) is 2.84. The third-order valence-corrected chi connectivity index (χ3v) is 3.66. The summed E-state index contributed by atoms with van der Waals surface area (Å²) >= 11 is 0. The smallest absolute Gasteiger partial charge is 0.0632 e. The molecule has 1 unspecified atom stereocenters.